The lowest BCUT2D eigenvalue weighted by Gasteiger charge is -2.18. The van der Waals surface area contributed by atoms with Crippen molar-refractivity contribution in [1.82, 2.24) is 4.57 Å². The van der Waals surface area contributed by atoms with Crippen LogP contribution in [0.15, 0.2) is 47.7 Å². The van der Waals surface area contributed by atoms with Crippen molar-refractivity contribution in [2.24, 2.45) is 4.99 Å². The van der Waals surface area contributed by atoms with Gasteiger partial charge in [0.2, 0.25) is 0 Å². The fourth-order valence-corrected chi connectivity index (χ4v) is 3.13. The molecule has 3 rings (SSSR count). The van der Waals surface area contributed by atoms with Gasteiger partial charge in [-0.25, -0.2) is 0 Å². The van der Waals surface area contributed by atoms with Crippen molar-refractivity contribution in [3.8, 4) is 0 Å². The van der Waals surface area contributed by atoms with E-state index in [1.165, 1.54) is 36.8 Å². The maximum atomic E-state index is 4.60. The Kier molecular flexibility index (Phi) is 4.19. The molecule has 0 saturated heterocycles. The molecule has 116 valence electrons. The van der Waals surface area contributed by atoms with E-state index < -0.39 is 0 Å². The Morgan fingerprint density at radius 3 is 2.36 bits per heavy atom. The standard InChI is InChI=1S/C20H26N2/c1-20(2,3)17-8-10-18(11-9-17)21-14-16-12-13-22(15-16)19-6-4-5-7-19/h8-15,19H,4-7H2,1-3H3. The van der Waals surface area contributed by atoms with Crippen LogP contribution in [0.3, 0.4) is 0 Å². The molecule has 1 saturated carbocycles. The van der Waals surface area contributed by atoms with Crippen LogP contribution in [0.5, 0.6) is 0 Å². The van der Waals surface area contributed by atoms with Crippen LogP contribution in [-0.4, -0.2) is 10.8 Å². The fraction of sp³-hybridized carbons (Fsp3) is 0.450. The minimum Gasteiger partial charge on any atom is -0.351 e. The molecule has 0 spiro atoms. The van der Waals surface area contributed by atoms with Gasteiger partial charge in [-0.3, -0.25) is 4.99 Å². The first-order valence-electron chi connectivity index (χ1n) is 8.34. The number of rotatable bonds is 3. The lowest BCUT2D eigenvalue weighted by atomic mass is 9.87. The zero-order valence-corrected chi connectivity index (χ0v) is 13.9. The molecule has 1 fully saturated rings. The summed E-state index contributed by atoms with van der Waals surface area (Å²) in [4.78, 5) is 4.60. The van der Waals surface area contributed by atoms with Crippen molar-refractivity contribution in [3.05, 3.63) is 53.9 Å². The minimum atomic E-state index is 0.195. The highest BCUT2D eigenvalue weighted by molar-refractivity contribution is 5.81. The van der Waals surface area contributed by atoms with E-state index in [9.17, 15) is 0 Å². The van der Waals surface area contributed by atoms with E-state index in [-0.39, 0.29) is 5.41 Å². The Morgan fingerprint density at radius 2 is 1.73 bits per heavy atom. The predicted molar refractivity (Wildman–Crippen MR) is 94.3 cm³/mol. The van der Waals surface area contributed by atoms with Crippen molar-refractivity contribution >= 4 is 11.9 Å². The second-order valence-corrected chi connectivity index (χ2v) is 7.39. The molecule has 1 aliphatic carbocycles. The topological polar surface area (TPSA) is 17.3 Å². The zero-order chi connectivity index (χ0) is 15.6. The molecule has 1 heterocycles. The summed E-state index contributed by atoms with van der Waals surface area (Å²) in [5.41, 5.74) is 3.74. The van der Waals surface area contributed by atoms with Crippen molar-refractivity contribution in [1.29, 1.82) is 0 Å². The fourth-order valence-electron chi connectivity index (χ4n) is 3.13. The highest BCUT2D eigenvalue weighted by atomic mass is 15.0. The number of hydrogen-bond acceptors (Lipinski definition) is 1. The Balaban J connectivity index is 1.68. The number of hydrogen-bond donors (Lipinski definition) is 0. The van der Waals surface area contributed by atoms with Gasteiger partial charge < -0.3 is 4.57 Å². The Hall–Kier alpha value is -1.83. The summed E-state index contributed by atoms with van der Waals surface area (Å²) in [6.07, 6.45) is 11.8. The Labute approximate surface area is 133 Å². The SMILES string of the molecule is CC(C)(C)c1ccc(N=Cc2ccn(C3CCCC3)c2)cc1. The number of nitrogens with zero attached hydrogens (tertiary/aromatic N) is 2. The third-order valence-electron chi connectivity index (χ3n) is 4.58. The lowest BCUT2D eigenvalue weighted by molar-refractivity contribution is 0.521. The molecule has 0 N–H and O–H groups in total. The largest absolute Gasteiger partial charge is 0.351 e. The van der Waals surface area contributed by atoms with Gasteiger partial charge in [-0.05, 0) is 42.0 Å². The maximum absolute atomic E-state index is 4.60. The summed E-state index contributed by atoms with van der Waals surface area (Å²) in [5.74, 6) is 0. The molecule has 22 heavy (non-hydrogen) atoms. The second kappa shape index (κ2) is 6.12. The van der Waals surface area contributed by atoms with Gasteiger partial charge in [0.25, 0.3) is 0 Å². The molecular formula is C20H26N2. The van der Waals surface area contributed by atoms with Crippen LogP contribution < -0.4 is 0 Å². The molecule has 0 atom stereocenters. The molecule has 1 aromatic heterocycles. The quantitative estimate of drug-likeness (QED) is 0.651. The van der Waals surface area contributed by atoms with Crippen molar-refractivity contribution in [2.75, 3.05) is 0 Å². The second-order valence-electron chi connectivity index (χ2n) is 7.39. The van der Waals surface area contributed by atoms with E-state index >= 15 is 0 Å². The van der Waals surface area contributed by atoms with Gasteiger partial charge in [0.05, 0.1) is 5.69 Å². The molecule has 2 nitrogen and oxygen atoms in total. The molecule has 0 aliphatic heterocycles. The van der Waals surface area contributed by atoms with Crippen LogP contribution in [0.2, 0.25) is 0 Å². The van der Waals surface area contributed by atoms with Crippen LogP contribution >= 0.6 is 0 Å². The van der Waals surface area contributed by atoms with Crippen LogP contribution in [-0.2, 0) is 5.41 Å². The van der Waals surface area contributed by atoms with E-state index in [2.05, 4.69) is 73.1 Å². The van der Waals surface area contributed by atoms with E-state index in [1.807, 2.05) is 6.21 Å². The number of aliphatic imine (C=N–C) groups is 1. The smallest absolute Gasteiger partial charge is 0.0630 e. The molecule has 2 aromatic rings. The normalized spacial score (nSPS) is 16.7. The third-order valence-corrected chi connectivity index (χ3v) is 4.58. The van der Waals surface area contributed by atoms with E-state index in [1.54, 1.807) is 0 Å². The summed E-state index contributed by atoms with van der Waals surface area (Å²) in [6, 6.07) is 11.4. The van der Waals surface area contributed by atoms with Gasteiger partial charge >= 0.3 is 0 Å². The van der Waals surface area contributed by atoms with Gasteiger partial charge in [0.1, 0.15) is 0 Å². The van der Waals surface area contributed by atoms with E-state index in [0.29, 0.717) is 6.04 Å². The van der Waals surface area contributed by atoms with Gasteiger partial charge in [0.15, 0.2) is 0 Å². The highest BCUT2D eigenvalue weighted by Crippen LogP contribution is 2.29. The Bertz CT molecular complexity index is 635. The van der Waals surface area contributed by atoms with Crippen molar-refractivity contribution in [2.45, 2.75) is 57.9 Å². The summed E-state index contributed by atoms with van der Waals surface area (Å²) in [6.45, 7) is 6.70. The average molecular weight is 294 g/mol. The molecule has 1 aromatic carbocycles. The zero-order valence-electron chi connectivity index (χ0n) is 13.9. The lowest BCUT2D eigenvalue weighted by Crippen LogP contribution is -2.10. The summed E-state index contributed by atoms with van der Waals surface area (Å²) in [7, 11) is 0. The molecule has 0 unspecified atom stereocenters. The molecule has 0 radical (unpaired) electrons. The van der Waals surface area contributed by atoms with Crippen LogP contribution in [0, 0.1) is 0 Å². The summed E-state index contributed by atoms with van der Waals surface area (Å²) >= 11 is 0. The van der Waals surface area contributed by atoms with Gasteiger partial charge in [-0.1, -0.05) is 45.7 Å². The van der Waals surface area contributed by atoms with Gasteiger partial charge in [-0.2, -0.15) is 0 Å². The molecule has 2 heteroatoms. The van der Waals surface area contributed by atoms with Crippen molar-refractivity contribution < 1.29 is 0 Å². The number of benzene rings is 1. The third kappa shape index (κ3) is 3.49. The summed E-state index contributed by atoms with van der Waals surface area (Å²) < 4.78 is 2.36. The molecule has 1 aliphatic rings. The van der Waals surface area contributed by atoms with Crippen LogP contribution in [0.25, 0.3) is 0 Å². The molecular weight excluding hydrogens is 268 g/mol. The number of aromatic nitrogens is 1. The van der Waals surface area contributed by atoms with Gasteiger partial charge in [-0.15, -0.1) is 0 Å². The highest BCUT2D eigenvalue weighted by Gasteiger charge is 2.16. The predicted octanol–water partition coefficient (Wildman–Crippen LogP) is 5.65. The molecule has 0 amide bonds. The van der Waals surface area contributed by atoms with E-state index in [4.69, 9.17) is 0 Å². The van der Waals surface area contributed by atoms with E-state index in [0.717, 1.165) is 5.69 Å². The summed E-state index contributed by atoms with van der Waals surface area (Å²) in [5, 5.41) is 0. The van der Waals surface area contributed by atoms with Crippen LogP contribution in [0.1, 0.15) is 63.6 Å². The van der Waals surface area contributed by atoms with Gasteiger partial charge in [0, 0.05) is 30.2 Å². The first-order chi connectivity index (χ1) is 10.5. The van der Waals surface area contributed by atoms with Crippen LogP contribution in [0.4, 0.5) is 5.69 Å². The first-order valence-corrected chi connectivity index (χ1v) is 8.34. The molecule has 0 bridgehead atoms. The van der Waals surface area contributed by atoms with Crippen molar-refractivity contribution in [3.63, 3.8) is 0 Å². The monoisotopic (exact) mass is 294 g/mol. The average Bonchev–Trinajstić information content (AvgIpc) is 3.15. The Morgan fingerprint density at radius 1 is 1.05 bits per heavy atom. The maximum Gasteiger partial charge on any atom is 0.0630 e. The minimum absolute atomic E-state index is 0.195. The first kappa shape index (κ1) is 15.1.